The molecular weight excluding hydrogens is 286 g/mol. The van der Waals surface area contributed by atoms with Gasteiger partial charge in [-0.05, 0) is 29.8 Å². The number of nitrogens with one attached hydrogen (secondary N) is 1. The molecule has 106 valence electrons. The van der Waals surface area contributed by atoms with E-state index in [1.807, 2.05) is 0 Å². The molecule has 2 rings (SSSR count). The number of hydrogen-bond acceptors (Lipinski definition) is 3. The van der Waals surface area contributed by atoms with E-state index in [1.54, 1.807) is 12.1 Å². The van der Waals surface area contributed by atoms with Gasteiger partial charge in [0.25, 0.3) is 0 Å². The maximum atomic E-state index is 13.0. The summed E-state index contributed by atoms with van der Waals surface area (Å²) in [6.45, 7) is -0.159. The molecule has 0 fully saturated rings. The molecule has 2 aromatic carbocycles. The van der Waals surface area contributed by atoms with Gasteiger partial charge >= 0.3 is 0 Å². The van der Waals surface area contributed by atoms with Gasteiger partial charge in [0.15, 0.2) is 11.6 Å². The van der Waals surface area contributed by atoms with Gasteiger partial charge in [-0.2, -0.15) is 0 Å². The van der Waals surface area contributed by atoms with E-state index in [9.17, 15) is 17.2 Å². The Bertz CT molecular complexity index is 733. The maximum absolute atomic E-state index is 13.0. The van der Waals surface area contributed by atoms with Crippen molar-refractivity contribution in [1.82, 2.24) is 4.72 Å². The second kappa shape index (κ2) is 5.56. The first-order chi connectivity index (χ1) is 9.40. The zero-order chi connectivity index (χ0) is 14.8. The largest absolute Gasteiger partial charge is 0.398 e. The highest BCUT2D eigenvalue weighted by Gasteiger charge is 2.16. The molecule has 0 radical (unpaired) electrons. The van der Waals surface area contributed by atoms with E-state index in [0.717, 1.165) is 12.1 Å². The number of nitrogens with two attached hydrogens (primary N) is 1. The van der Waals surface area contributed by atoms with E-state index < -0.39 is 21.7 Å². The summed E-state index contributed by atoms with van der Waals surface area (Å²) in [6, 6.07) is 9.17. The molecule has 0 aliphatic carbocycles. The topological polar surface area (TPSA) is 72.2 Å². The second-order valence-electron chi connectivity index (χ2n) is 4.11. The van der Waals surface area contributed by atoms with Gasteiger partial charge in [-0.25, -0.2) is 21.9 Å². The first kappa shape index (κ1) is 14.4. The number of rotatable bonds is 4. The molecule has 4 nitrogen and oxygen atoms in total. The molecule has 7 heteroatoms. The Hall–Kier alpha value is -1.99. The highest BCUT2D eigenvalue weighted by molar-refractivity contribution is 7.89. The molecular formula is C13H12F2N2O2S. The predicted molar refractivity (Wildman–Crippen MR) is 71.2 cm³/mol. The van der Waals surface area contributed by atoms with Crippen LogP contribution in [0.5, 0.6) is 0 Å². The monoisotopic (exact) mass is 298 g/mol. The lowest BCUT2D eigenvalue weighted by atomic mass is 10.2. The average molecular weight is 298 g/mol. The standard InChI is InChI=1S/C13H12F2N2O2S/c14-10-6-5-9(7-11(10)15)8-17-20(18,19)13-4-2-1-3-12(13)16/h1-7,17H,8,16H2. The first-order valence-corrected chi connectivity index (χ1v) is 7.16. The van der Waals surface area contributed by atoms with E-state index in [2.05, 4.69) is 4.72 Å². The van der Waals surface area contributed by atoms with Crippen LogP contribution in [0.3, 0.4) is 0 Å². The Morgan fingerprint density at radius 1 is 1.05 bits per heavy atom. The van der Waals surface area contributed by atoms with Crippen molar-refractivity contribution in [3.05, 3.63) is 59.7 Å². The number of para-hydroxylation sites is 1. The van der Waals surface area contributed by atoms with Crippen molar-refractivity contribution in [2.45, 2.75) is 11.4 Å². The van der Waals surface area contributed by atoms with Crippen LogP contribution < -0.4 is 10.5 Å². The van der Waals surface area contributed by atoms with Gasteiger partial charge in [-0.15, -0.1) is 0 Å². The summed E-state index contributed by atoms with van der Waals surface area (Å²) in [5, 5.41) is 0. The van der Waals surface area contributed by atoms with Crippen molar-refractivity contribution in [2.24, 2.45) is 0 Å². The molecule has 0 aliphatic heterocycles. The fourth-order valence-corrected chi connectivity index (χ4v) is 2.78. The molecule has 0 saturated carbocycles. The van der Waals surface area contributed by atoms with Crippen molar-refractivity contribution in [3.8, 4) is 0 Å². The lowest BCUT2D eigenvalue weighted by Crippen LogP contribution is -2.24. The lowest BCUT2D eigenvalue weighted by molar-refractivity contribution is 0.506. The third kappa shape index (κ3) is 3.12. The van der Waals surface area contributed by atoms with Crippen molar-refractivity contribution >= 4 is 15.7 Å². The summed E-state index contributed by atoms with van der Waals surface area (Å²) >= 11 is 0. The molecule has 3 N–H and O–H groups in total. The molecule has 2 aromatic rings. The molecule has 20 heavy (non-hydrogen) atoms. The van der Waals surface area contributed by atoms with E-state index in [-0.39, 0.29) is 17.1 Å². The summed E-state index contributed by atoms with van der Waals surface area (Å²) in [6.07, 6.45) is 0. The number of anilines is 1. The summed E-state index contributed by atoms with van der Waals surface area (Å²) in [7, 11) is -3.80. The van der Waals surface area contributed by atoms with Crippen molar-refractivity contribution < 1.29 is 17.2 Å². The van der Waals surface area contributed by atoms with Crippen LogP contribution in [0.1, 0.15) is 5.56 Å². The highest BCUT2D eigenvalue weighted by Crippen LogP contribution is 2.17. The van der Waals surface area contributed by atoms with Crippen LogP contribution in [-0.2, 0) is 16.6 Å². The molecule has 0 atom stereocenters. The highest BCUT2D eigenvalue weighted by atomic mass is 32.2. The molecule has 0 aliphatic rings. The number of sulfonamides is 1. The third-order valence-corrected chi connectivity index (χ3v) is 4.13. The summed E-state index contributed by atoms with van der Waals surface area (Å²) in [5.41, 5.74) is 6.01. The number of halogens is 2. The Morgan fingerprint density at radius 2 is 1.75 bits per heavy atom. The van der Waals surface area contributed by atoms with Crippen LogP contribution in [0.4, 0.5) is 14.5 Å². The van der Waals surface area contributed by atoms with Gasteiger partial charge < -0.3 is 5.73 Å². The zero-order valence-electron chi connectivity index (χ0n) is 10.3. The van der Waals surface area contributed by atoms with Crippen molar-refractivity contribution in [2.75, 3.05) is 5.73 Å². The Balaban J connectivity index is 2.17. The fourth-order valence-electron chi connectivity index (χ4n) is 1.63. The van der Waals surface area contributed by atoms with Gasteiger partial charge in [0, 0.05) is 6.54 Å². The number of benzene rings is 2. The van der Waals surface area contributed by atoms with E-state index in [4.69, 9.17) is 5.73 Å². The number of hydrogen-bond donors (Lipinski definition) is 2. The molecule has 0 saturated heterocycles. The van der Waals surface area contributed by atoms with E-state index in [0.29, 0.717) is 5.56 Å². The van der Waals surface area contributed by atoms with Crippen molar-refractivity contribution in [3.63, 3.8) is 0 Å². The van der Waals surface area contributed by atoms with Gasteiger partial charge in [-0.1, -0.05) is 18.2 Å². The van der Waals surface area contributed by atoms with Crippen LogP contribution in [0.15, 0.2) is 47.4 Å². The SMILES string of the molecule is Nc1ccccc1S(=O)(=O)NCc1ccc(F)c(F)c1. The molecule has 0 heterocycles. The number of nitrogen functional groups attached to an aromatic ring is 1. The average Bonchev–Trinajstić information content (AvgIpc) is 2.40. The molecule has 0 aromatic heterocycles. The van der Waals surface area contributed by atoms with Gasteiger partial charge in [0.05, 0.1) is 5.69 Å². The van der Waals surface area contributed by atoms with Gasteiger partial charge in [-0.3, -0.25) is 0 Å². The summed E-state index contributed by atoms with van der Waals surface area (Å²) in [4.78, 5) is -0.0532. The molecule has 0 bridgehead atoms. The van der Waals surface area contributed by atoms with Gasteiger partial charge in [0.1, 0.15) is 4.90 Å². The second-order valence-corrected chi connectivity index (χ2v) is 5.85. The Morgan fingerprint density at radius 3 is 2.40 bits per heavy atom. The smallest absolute Gasteiger partial charge is 0.242 e. The zero-order valence-corrected chi connectivity index (χ0v) is 11.1. The van der Waals surface area contributed by atoms with Gasteiger partial charge in [0.2, 0.25) is 10.0 Å². The van der Waals surface area contributed by atoms with Crippen LogP contribution in [0.2, 0.25) is 0 Å². The Kier molecular flexibility index (Phi) is 4.01. The van der Waals surface area contributed by atoms with Crippen LogP contribution in [0, 0.1) is 11.6 Å². The lowest BCUT2D eigenvalue weighted by Gasteiger charge is -2.09. The quantitative estimate of drug-likeness (QED) is 0.848. The maximum Gasteiger partial charge on any atom is 0.242 e. The summed E-state index contributed by atoms with van der Waals surface area (Å²) in [5.74, 6) is -2.01. The molecule has 0 amide bonds. The molecule has 0 spiro atoms. The minimum atomic E-state index is -3.80. The minimum Gasteiger partial charge on any atom is -0.398 e. The van der Waals surface area contributed by atoms with E-state index >= 15 is 0 Å². The van der Waals surface area contributed by atoms with Crippen LogP contribution in [0.25, 0.3) is 0 Å². The normalized spacial score (nSPS) is 11.5. The predicted octanol–water partition coefficient (Wildman–Crippen LogP) is 2.03. The third-order valence-electron chi connectivity index (χ3n) is 2.66. The minimum absolute atomic E-state index is 0.0532. The van der Waals surface area contributed by atoms with E-state index in [1.165, 1.54) is 18.2 Å². The van der Waals surface area contributed by atoms with Crippen LogP contribution in [-0.4, -0.2) is 8.42 Å². The summed E-state index contributed by atoms with van der Waals surface area (Å²) < 4.78 is 52.1. The Labute approximate surface area is 115 Å². The van der Waals surface area contributed by atoms with Crippen molar-refractivity contribution in [1.29, 1.82) is 0 Å². The van der Waals surface area contributed by atoms with Crippen LogP contribution >= 0.6 is 0 Å². The molecule has 0 unspecified atom stereocenters. The first-order valence-electron chi connectivity index (χ1n) is 5.68. The fraction of sp³-hybridized carbons (Fsp3) is 0.0769.